The van der Waals surface area contributed by atoms with E-state index in [2.05, 4.69) is 9.97 Å². The molecule has 2 saturated carbocycles. The van der Waals surface area contributed by atoms with Crippen LogP contribution >= 0.6 is 0 Å². The predicted molar refractivity (Wildman–Crippen MR) is 131 cm³/mol. The van der Waals surface area contributed by atoms with Crippen molar-refractivity contribution in [2.75, 3.05) is 19.8 Å². The first-order chi connectivity index (χ1) is 17.7. The smallest absolute Gasteiger partial charge is 0.407 e. The van der Waals surface area contributed by atoms with E-state index in [1.54, 1.807) is 12.1 Å². The molecule has 9 nitrogen and oxygen atoms in total. The minimum Gasteiger partial charge on any atom is -0.477 e. The number of fused-ring (bicyclic) bond motifs is 5. The van der Waals surface area contributed by atoms with E-state index in [0.29, 0.717) is 35.7 Å². The predicted octanol–water partition coefficient (Wildman–Crippen LogP) is 4.31. The quantitative estimate of drug-likeness (QED) is 0.582. The molecule has 3 saturated heterocycles. The Hall–Kier alpha value is -2.56. The first kappa shape index (κ1) is 24.8. The molecule has 5 aliphatic rings. The summed E-state index contributed by atoms with van der Waals surface area (Å²) >= 11 is 0. The molecule has 0 aromatic carbocycles. The first-order valence-corrected chi connectivity index (χ1v) is 13.3. The van der Waals surface area contributed by atoms with Crippen LogP contribution in [0, 0.1) is 11.7 Å². The van der Waals surface area contributed by atoms with Crippen molar-refractivity contribution in [2.24, 2.45) is 5.92 Å². The molecular formula is C27H34FN3O6. The summed E-state index contributed by atoms with van der Waals surface area (Å²) in [6, 6.07) is 3.51. The maximum atomic E-state index is 15.0. The number of carbonyl (C=O) groups is 1. The van der Waals surface area contributed by atoms with E-state index in [9.17, 15) is 14.3 Å². The SMILES string of the molecule is CC1(C)O[C@H]2CC(COc3ccc4ncc(F)c(CCN(C(=O)O)C56CCC(CC5)OC6)c4n3)C[C@H]2O1. The van der Waals surface area contributed by atoms with Gasteiger partial charge in [-0.1, -0.05) is 0 Å². The van der Waals surface area contributed by atoms with Crippen LogP contribution in [0.25, 0.3) is 11.0 Å². The second kappa shape index (κ2) is 9.32. The van der Waals surface area contributed by atoms with Crippen molar-refractivity contribution in [2.45, 2.75) is 88.4 Å². The number of carboxylic acid groups (broad SMARTS) is 1. The lowest BCUT2D eigenvalue weighted by molar-refractivity contribution is -0.154. The molecule has 7 rings (SSSR count). The first-order valence-electron chi connectivity index (χ1n) is 13.3. The Morgan fingerprint density at radius 3 is 2.59 bits per heavy atom. The zero-order valence-corrected chi connectivity index (χ0v) is 21.3. The van der Waals surface area contributed by atoms with Crippen LogP contribution in [-0.2, 0) is 20.6 Å². The summed E-state index contributed by atoms with van der Waals surface area (Å²) in [6.45, 7) is 4.89. The summed E-state index contributed by atoms with van der Waals surface area (Å²) in [4.78, 5) is 22.5. The number of pyridine rings is 2. The van der Waals surface area contributed by atoms with Crippen LogP contribution in [0.1, 0.15) is 57.9 Å². The maximum Gasteiger partial charge on any atom is 0.407 e. The Balaban J connectivity index is 1.16. The van der Waals surface area contributed by atoms with E-state index in [4.69, 9.17) is 18.9 Å². The number of ether oxygens (including phenoxy) is 4. The number of halogens is 1. The van der Waals surface area contributed by atoms with Gasteiger partial charge in [-0.15, -0.1) is 0 Å². The third-order valence-electron chi connectivity index (χ3n) is 8.46. The second-order valence-electron chi connectivity index (χ2n) is 11.4. The second-order valence-corrected chi connectivity index (χ2v) is 11.4. The van der Waals surface area contributed by atoms with Gasteiger partial charge in [0.25, 0.3) is 0 Å². The van der Waals surface area contributed by atoms with Crippen LogP contribution in [0.5, 0.6) is 5.88 Å². The highest BCUT2D eigenvalue weighted by molar-refractivity contribution is 5.78. The Kier molecular flexibility index (Phi) is 6.24. The maximum absolute atomic E-state index is 15.0. The van der Waals surface area contributed by atoms with Gasteiger partial charge < -0.3 is 29.0 Å². The van der Waals surface area contributed by atoms with Crippen LogP contribution in [0.4, 0.5) is 9.18 Å². The molecule has 2 aliphatic carbocycles. The summed E-state index contributed by atoms with van der Waals surface area (Å²) in [7, 11) is 0. The molecule has 2 bridgehead atoms. The molecule has 3 aliphatic heterocycles. The Labute approximate surface area is 215 Å². The van der Waals surface area contributed by atoms with Gasteiger partial charge in [-0.25, -0.2) is 14.2 Å². The van der Waals surface area contributed by atoms with Crippen LogP contribution in [-0.4, -0.2) is 75.5 Å². The van der Waals surface area contributed by atoms with Gasteiger partial charge >= 0.3 is 6.09 Å². The molecule has 1 amide bonds. The number of rotatable bonds is 7. The molecule has 200 valence electrons. The van der Waals surface area contributed by atoms with Gasteiger partial charge in [-0.05, 0) is 70.8 Å². The van der Waals surface area contributed by atoms with Gasteiger partial charge in [0.2, 0.25) is 5.88 Å². The van der Waals surface area contributed by atoms with E-state index in [1.165, 1.54) is 11.1 Å². The van der Waals surface area contributed by atoms with Crippen molar-refractivity contribution in [3.8, 4) is 5.88 Å². The molecule has 3 atom stereocenters. The third kappa shape index (κ3) is 4.75. The van der Waals surface area contributed by atoms with Gasteiger partial charge in [0.15, 0.2) is 5.79 Å². The van der Waals surface area contributed by atoms with E-state index in [-0.39, 0.29) is 37.2 Å². The standard InChI is InChI=1S/C27H34FN3O6/c1-26(2)36-21-11-16(12-22(21)37-26)14-34-23-4-3-20-24(30-23)18(19(28)13-29-20)7-10-31(25(32)33)27-8-5-17(6-9-27)35-15-27/h3-4,13,16-17,21-22H,5-12,14-15H2,1-2H3,(H,32,33)/t16?,17?,21-,22+,27?. The highest BCUT2D eigenvalue weighted by Crippen LogP contribution is 2.42. The van der Waals surface area contributed by atoms with Gasteiger partial charge in [0, 0.05) is 18.2 Å². The van der Waals surface area contributed by atoms with Gasteiger partial charge in [-0.2, -0.15) is 0 Å². The van der Waals surface area contributed by atoms with Crippen LogP contribution in [0.3, 0.4) is 0 Å². The lowest BCUT2D eigenvalue weighted by Crippen LogP contribution is -2.61. The summed E-state index contributed by atoms with van der Waals surface area (Å²) in [5.74, 6) is -0.351. The van der Waals surface area contributed by atoms with Crippen molar-refractivity contribution in [3.05, 3.63) is 29.7 Å². The molecule has 5 heterocycles. The largest absolute Gasteiger partial charge is 0.477 e. The van der Waals surface area contributed by atoms with Crippen LogP contribution in [0.2, 0.25) is 0 Å². The molecule has 5 fully saturated rings. The molecule has 2 aromatic heterocycles. The van der Waals surface area contributed by atoms with Crippen molar-refractivity contribution >= 4 is 17.1 Å². The van der Waals surface area contributed by atoms with Crippen molar-refractivity contribution < 1.29 is 33.2 Å². The van der Waals surface area contributed by atoms with Crippen LogP contribution < -0.4 is 4.74 Å². The average molecular weight is 516 g/mol. The highest BCUT2D eigenvalue weighted by atomic mass is 19.1. The number of aromatic nitrogens is 2. The van der Waals surface area contributed by atoms with Gasteiger partial charge in [-0.3, -0.25) is 4.98 Å². The number of amides is 1. The number of nitrogens with zero attached hydrogens (tertiary/aromatic N) is 3. The molecular weight excluding hydrogens is 481 g/mol. The zero-order chi connectivity index (χ0) is 25.8. The molecule has 2 aromatic rings. The van der Waals surface area contributed by atoms with Crippen molar-refractivity contribution in [3.63, 3.8) is 0 Å². The molecule has 10 heteroatoms. The van der Waals surface area contributed by atoms with E-state index in [0.717, 1.165) is 38.5 Å². The minimum absolute atomic E-state index is 0.0827. The van der Waals surface area contributed by atoms with E-state index in [1.807, 2.05) is 13.8 Å². The normalized spacial score (nSPS) is 32.0. The summed E-state index contributed by atoms with van der Waals surface area (Å²) in [5.41, 5.74) is 0.761. The van der Waals surface area contributed by atoms with E-state index >= 15 is 0 Å². The third-order valence-corrected chi connectivity index (χ3v) is 8.46. The average Bonchev–Trinajstić information content (AvgIpc) is 3.37. The monoisotopic (exact) mass is 515 g/mol. The topological polar surface area (TPSA) is 103 Å². The molecule has 0 radical (unpaired) electrons. The van der Waals surface area contributed by atoms with Crippen molar-refractivity contribution in [1.82, 2.24) is 14.9 Å². The van der Waals surface area contributed by atoms with Gasteiger partial charge in [0.05, 0.1) is 54.3 Å². The van der Waals surface area contributed by atoms with Crippen LogP contribution in [0.15, 0.2) is 18.3 Å². The molecule has 1 unspecified atom stereocenters. The lowest BCUT2D eigenvalue weighted by Gasteiger charge is -2.51. The molecule has 37 heavy (non-hydrogen) atoms. The summed E-state index contributed by atoms with van der Waals surface area (Å²) in [6.07, 6.45) is 5.75. The molecule has 1 N–H and O–H groups in total. The fraction of sp³-hybridized carbons (Fsp3) is 0.667. The zero-order valence-electron chi connectivity index (χ0n) is 21.3. The summed E-state index contributed by atoms with van der Waals surface area (Å²) < 4.78 is 38.8. The number of hydrogen-bond donors (Lipinski definition) is 1. The summed E-state index contributed by atoms with van der Waals surface area (Å²) in [5, 5.41) is 10.0. The van der Waals surface area contributed by atoms with E-state index < -0.39 is 23.2 Å². The Morgan fingerprint density at radius 1 is 1.22 bits per heavy atom. The molecule has 0 spiro atoms. The van der Waals surface area contributed by atoms with Gasteiger partial charge in [0.1, 0.15) is 5.82 Å². The van der Waals surface area contributed by atoms with Crippen molar-refractivity contribution in [1.29, 1.82) is 0 Å². The number of hydrogen-bond acceptors (Lipinski definition) is 7. The Bertz CT molecular complexity index is 1150. The fourth-order valence-electron chi connectivity index (χ4n) is 6.62. The minimum atomic E-state index is -1.00. The Morgan fingerprint density at radius 2 is 1.95 bits per heavy atom. The fourth-order valence-corrected chi connectivity index (χ4v) is 6.62. The lowest BCUT2D eigenvalue weighted by atomic mass is 9.77. The highest BCUT2D eigenvalue weighted by Gasteiger charge is 2.48.